The lowest BCUT2D eigenvalue weighted by molar-refractivity contribution is -0.0665. The Balaban J connectivity index is 1.50. The van der Waals surface area contributed by atoms with Gasteiger partial charge in [-0.3, -0.25) is 5.10 Å². The molecule has 0 radical (unpaired) electrons. The minimum atomic E-state index is -0.179. The van der Waals surface area contributed by atoms with Gasteiger partial charge in [0, 0.05) is 11.6 Å². The molecule has 3 aliphatic carbocycles. The fourth-order valence-electron chi connectivity index (χ4n) is 4.74. The van der Waals surface area contributed by atoms with Crippen LogP contribution in [-0.4, -0.2) is 25.7 Å². The van der Waals surface area contributed by atoms with Crippen LogP contribution in [0.4, 0.5) is 5.95 Å². The minimum absolute atomic E-state index is 0.124. The first-order chi connectivity index (χ1) is 14.9. The lowest BCUT2D eigenvalue weighted by atomic mass is 9.40. The average Bonchev–Trinajstić information content (AvgIpc) is 3.05. The Labute approximate surface area is 183 Å². The highest BCUT2D eigenvalue weighted by molar-refractivity contribution is 6.34. The zero-order valence-corrected chi connectivity index (χ0v) is 17.7. The second kappa shape index (κ2) is 6.69. The highest BCUT2D eigenvalue weighted by Crippen LogP contribution is 2.67. The normalized spacial score (nSPS) is 23.6. The van der Waals surface area contributed by atoms with Crippen LogP contribution in [0.3, 0.4) is 0 Å². The van der Waals surface area contributed by atoms with E-state index in [9.17, 15) is 5.26 Å². The molecule has 2 bridgehead atoms. The number of H-pyrrole nitrogens is 1. The van der Waals surface area contributed by atoms with E-state index >= 15 is 0 Å². The summed E-state index contributed by atoms with van der Waals surface area (Å²) in [4.78, 5) is 9.07. The van der Waals surface area contributed by atoms with Crippen LogP contribution in [0.5, 0.6) is 11.6 Å². The van der Waals surface area contributed by atoms with Crippen molar-refractivity contribution in [3.63, 3.8) is 0 Å². The molecule has 8 nitrogen and oxygen atoms in total. The number of nitrogens with one attached hydrogen (secondary N) is 2. The minimum Gasteiger partial charge on any atom is -0.437 e. The van der Waals surface area contributed by atoms with Crippen molar-refractivity contribution in [2.24, 2.45) is 5.41 Å². The smallest absolute Gasteiger partial charge is 0.236 e. The Morgan fingerprint density at radius 2 is 1.90 bits per heavy atom. The summed E-state index contributed by atoms with van der Waals surface area (Å²) in [6.07, 6.45) is 5.58. The summed E-state index contributed by atoms with van der Waals surface area (Å²) in [6, 6.07) is 8.27. The van der Waals surface area contributed by atoms with E-state index in [4.69, 9.17) is 21.6 Å². The fourth-order valence-corrected chi connectivity index (χ4v) is 4.94. The number of ether oxygens (including phenoxy) is 1. The molecule has 1 aromatic carbocycles. The summed E-state index contributed by atoms with van der Waals surface area (Å²) in [5.74, 6) is 1.37. The van der Waals surface area contributed by atoms with Crippen molar-refractivity contribution < 1.29 is 4.74 Å². The molecule has 3 saturated carbocycles. The number of hydrogen-bond donors (Lipinski definition) is 2. The Kier molecular flexibility index (Phi) is 4.18. The molecule has 9 heteroatoms. The zero-order valence-electron chi connectivity index (χ0n) is 17.0. The van der Waals surface area contributed by atoms with Crippen molar-refractivity contribution in [3.8, 4) is 23.8 Å². The maximum Gasteiger partial charge on any atom is 0.236 e. The molecular weight excluding hydrogens is 414 g/mol. The Morgan fingerprint density at radius 3 is 2.55 bits per heavy atom. The van der Waals surface area contributed by atoms with Crippen LogP contribution < -0.4 is 10.1 Å². The number of nitrogens with zero attached hydrogens (tertiary/aromatic N) is 5. The number of allylic oxidation sites excluding steroid dienone is 1. The van der Waals surface area contributed by atoms with E-state index in [0.29, 0.717) is 33.8 Å². The van der Waals surface area contributed by atoms with Crippen molar-refractivity contribution >= 4 is 34.7 Å². The molecule has 2 aromatic heterocycles. The number of halogens is 1. The summed E-state index contributed by atoms with van der Waals surface area (Å²) >= 11 is 6.30. The van der Waals surface area contributed by atoms with Crippen LogP contribution in [0.15, 0.2) is 18.2 Å². The van der Waals surface area contributed by atoms with Crippen LogP contribution in [-0.2, 0) is 0 Å². The van der Waals surface area contributed by atoms with E-state index in [-0.39, 0.29) is 11.0 Å². The fraction of sp³-hybridized carbons (Fsp3) is 0.318. The van der Waals surface area contributed by atoms with Gasteiger partial charge in [-0.05, 0) is 68.0 Å². The van der Waals surface area contributed by atoms with E-state index in [2.05, 4.69) is 31.6 Å². The van der Waals surface area contributed by atoms with Gasteiger partial charge in [0.1, 0.15) is 16.3 Å². The molecule has 3 aliphatic rings. The molecule has 2 heterocycles. The maximum atomic E-state index is 9.26. The van der Waals surface area contributed by atoms with Gasteiger partial charge in [0.15, 0.2) is 5.65 Å². The molecule has 0 aliphatic heterocycles. The third-order valence-corrected chi connectivity index (χ3v) is 6.29. The van der Waals surface area contributed by atoms with Gasteiger partial charge in [-0.2, -0.15) is 25.6 Å². The molecule has 3 aromatic rings. The van der Waals surface area contributed by atoms with Crippen LogP contribution in [0.1, 0.15) is 36.0 Å². The number of aromatic amines is 1. The number of fused-ring (bicyclic) bond motifs is 1. The summed E-state index contributed by atoms with van der Waals surface area (Å²) < 4.78 is 6.24. The molecule has 3 fully saturated rings. The molecule has 154 valence electrons. The number of anilines is 1. The largest absolute Gasteiger partial charge is 0.437 e. The standard InChI is InChI=1S/C22H18ClN7O/c1-12-6-14(4-3-5-24)7-13(2)16(12)31-19-15-17(23)29-30-18(15)26-20(27-19)28-22-8-21(9-22,10-22)11-25/h3-4,6-7H,8-10H2,1-2H3,(H2,26,27,28,29,30)/b4-3+. The van der Waals surface area contributed by atoms with Gasteiger partial charge in [0.05, 0.1) is 17.6 Å². The van der Waals surface area contributed by atoms with Crippen molar-refractivity contribution in [2.45, 2.75) is 38.6 Å². The summed E-state index contributed by atoms with van der Waals surface area (Å²) in [5.41, 5.74) is 2.81. The molecular formula is C22H18ClN7O. The van der Waals surface area contributed by atoms with Gasteiger partial charge in [-0.15, -0.1) is 0 Å². The van der Waals surface area contributed by atoms with E-state index in [1.54, 1.807) is 6.08 Å². The zero-order chi connectivity index (χ0) is 21.8. The highest BCUT2D eigenvalue weighted by Gasteiger charge is 2.69. The van der Waals surface area contributed by atoms with Crippen molar-refractivity contribution in [1.82, 2.24) is 20.2 Å². The van der Waals surface area contributed by atoms with E-state index < -0.39 is 0 Å². The third-order valence-electron chi connectivity index (χ3n) is 6.01. The first-order valence-corrected chi connectivity index (χ1v) is 10.2. The summed E-state index contributed by atoms with van der Waals surface area (Å²) in [5, 5.41) is 29.1. The topological polar surface area (TPSA) is 123 Å². The number of benzene rings is 1. The third kappa shape index (κ3) is 3.08. The number of hydrogen-bond acceptors (Lipinski definition) is 7. The quantitative estimate of drug-likeness (QED) is 0.555. The van der Waals surface area contributed by atoms with Gasteiger partial charge in [0.25, 0.3) is 0 Å². The van der Waals surface area contributed by atoms with Gasteiger partial charge in [-0.25, -0.2) is 0 Å². The second-order valence-electron chi connectivity index (χ2n) is 8.46. The predicted octanol–water partition coefficient (Wildman–Crippen LogP) is 4.81. The second-order valence-corrected chi connectivity index (χ2v) is 8.84. The number of nitriles is 2. The molecule has 0 unspecified atom stereocenters. The van der Waals surface area contributed by atoms with Gasteiger partial charge >= 0.3 is 0 Å². The Morgan fingerprint density at radius 1 is 1.19 bits per heavy atom. The Bertz CT molecular complexity index is 1300. The predicted molar refractivity (Wildman–Crippen MR) is 116 cm³/mol. The molecule has 31 heavy (non-hydrogen) atoms. The number of aryl methyl sites for hydroxylation is 2. The maximum absolute atomic E-state index is 9.26. The lowest BCUT2D eigenvalue weighted by Gasteiger charge is -2.66. The monoisotopic (exact) mass is 431 g/mol. The lowest BCUT2D eigenvalue weighted by Crippen LogP contribution is -2.70. The first kappa shape index (κ1) is 19.3. The van der Waals surface area contributed by atoms with Crippen molar-refractivity contribution in [1.29, 1.82) is 10.5 Å². The number of rotatable bonds is 5. The first-order valence-electron chi connectivity index (χ1n) is 9.82. The molecule has 0 amide bonds. The van der Waals surface area contributed by atoms with Crippen LogP contribution in [0.2, 0.25) is 5.15 Å². The van der Waals surface area contributed by atoms with Crippen LogP contribution >= 0.6 is 11.6 Å². The summed E-state index contributed by atoms with van der Waals surface area (Å²) in [7, 11) is 0. The molecule has 0 atom stereocenters. The molecule has 0 spiro atoms. The van der Waals surface area contributed by atoms with E-state index in [0.717, 1.165) is 36.0 Å². The van der Waals surface area contributed by atoms with Crippen molar-refractivity contribution in [2.75, 3.05) is 5.32 Å². The average molecular weight is 432 g/mol. The van der Waals surface area contributed by atoms with Gasteiger partial charge in [0.2, 0.25) is 11.8 Å². The SMILES string of the molecule is Cc1cc(/C=C/C#N)cc(C)c1Oc1nc(NC23CC(C#N)(C2)C3)nc2n[nH]c(Cl)c12. The molecule has 0 saturated heterocycles. The number of aromatic nitrogens is 4. The highest BCUT2D eigenvalue weighted by atomic mass is 35.5. The molecule has 6 rings (SSSR count). The van der Waals surface area contributed by atoms with Gasteiger partial charge < -0.3 is 10.1 Å². The van der Waals surface area contributed by atoms with Crippen LogP contribution in [0.25, 0.3) is 17.1 Å². The van der Waals surface area contributed by atoms with Crippen LogP contribution in [0, 0.1) is 41.9 Å². The Hall–Kier alpha value is -3.62. The van der Waals surface area contributed by atoms with Crippen molar-refractivity contribution in [3.05, 3.63) is 40.1 Å². The van der Waals surface area contributed by atoms with Gasteiger partial charge in [-0.1, -0.05) is 11.6 Å². The summed E-state index contributed by atoms with van der Waals surface area (Å²) in [6.45, 7) is 3.87. The molecule has 2 N–H and O–H groups in total. The van der Waals surface area contributed by atoms with E-state index in [1.807, 2.05) is 32.0 Å². The van der Waals surface area contributed by atoms with E-state index in [1.165, 1.54) is 6.08 Å².